The second kappa shape index (κ2) is 9.07. The number of guanidine groups is 1. The summed E-state index contributed by atoms with van der Waals surface area (Å²) in [4.78, 5) is 6.59. The van der Waals surface area contributed by atoms with E-state index in [1.807, 2.05) is 0 Å². The van der Waals surface area contributed by atoms with Gasteiger partial charge in [-0.3, -0.25) is 4.99 Å². The number of aliphatic imine (C=N–C) groups is 1. The number of nitrogens with one attached hydrogen (secondary N) is 2. The molecule has 5 nitrogen and oxygen atoms in total. The van der Waals surface area contributed by atoms with Crippen LogP contribution in [0.5, 0.6) is 0 Å². The first-order valence-electron chi connectivity index (χ1n) is 6.88. The Morgan fingerprint density at radius 3 is 2.36 bits per heavy atom. The van der Waals surface area contributed by atoms with Gasteiger partial charge < -0.3 is 10.6 Å². The molecule has 0 amide bonds. The van der Waals surface area contributed by atoms with E-state index in [4.69, 9.17) is 0 Å². The molecule has 22 heavy (non-hydrogen) atoms. The highest BCUT2D eigenvalue weighted by Crippen LogP contribution is 2.15. The van der Waals surface area contributed by atoms with Gasteiger partial charge in [-0.25, -0.2) is 8.42 Å². The van der Waals surface area contributed by atoms with Gasteiger partial charge in [0.2, 0.25) is 0 Å². The van der Waals surface area contributed by atoms with Crippen LogP contribution in [0.15, 0.2) is 17.1 Å². The molecule has 0 unspecified atom stereocenters. The van der Waals surface area contributed by atoms with Crippen LogP contribution in [-0.4, -0.2) is 38.5 Å². The average Bonchev–Trinajstić information content (AvgIpc) is 2.78. The summed E-state index contributed by atoms with van der Waals surface area (Å²) >= 11 is 1.73. The summed E-state index contributed by atoms with van der Waals surface area (Å²) in [6, 6.07) is 4.15. The van der Waals surface area contributed by atoms with Crippen LogP contribution in [0.1, 0.15) is 30.5 Å². The van der Waals surface area contributed by atoms with Gasteiger partial charge in [0.05, 0.1) is 17.0 Å². The minimum Gasteiger partial charge on any atom is -0.355 e. The fraction of sp³-hybridized carbons (Fsp3) is 0.643. The fourth-order valence-electron chi connectivity index (χ4n) is 1.58. The molecule has 1 heterocycles. The van der Waals surface area contributed by atoms with E-state index in [1.165, 1.54) is 9.75 Å². The molecule has 0 aliphatic rings. The number of hydrogen-bond acceptors (Lipinski definition) is 4. The third-order valence-electron chi connectivity index (χ3n) is 3.05. The Bertz CT molecular complexity index is 589. The van der Waals surface area contributed by atoms with Crippen molar-refractivity contribution >= 4 is 51.1 Å². The molecule has 128 valence electrons. The summed E-state index contributed by atoms with van der Waals surface area (Å²) in [5.41, 5.74) is 0. The maximum Gasteiger partial charge on any atom is 0.191 e. The summed E-state index contributed by atoms with van der Waals surface area (Å²) in [5.74, 6) is 0.708. The molecular weight excluding hydrogens is 433 g/mol. The van der Waals surface area contributed by atoms with E-state index < -0.39 is 14.6 Å². The van der Waals surface area contributed by atoms with Gasteiger partial charge in [0.15, 0.2) is 15.8 Å². The molecule has 0 fully saturated rings. The van der Waals surface area contributed by atoms with Crippen molar-refractivity contribution in [3.63, 3.8) is 0 Å². The number of sulfone groups is 1. The van der Waals surface area contributed by atoms with E-state index in [-0.39, 0.29) is 29.7 Å². The molecule has 0 spiro atoms. The molecule has 0 radical (unpaired) electrons. The van der Waals surface area contributed by atoms with Crippen LogP contribution in [0, 0.1) is 6.92 Å². The van der Waals surface area contributed by atoms with Crippen molar-refractivity contribution in [3.05, 3.63) is 21.9 Å². The van der Waals surface area contributed by atoms with Gasteiger partial charge in [-0.2, -0.15) is 0 Å². The van der Waals surface area contributed by atoms with Crippen LogP contribution in [0.4, 0.5) is 0 Å². The minimum atomic E-state index is -3.11. The molecule has 0 aliphatic carbocycles. The number of nitrogens with zero attached hydrogens (tertiary/aromatic N) is 1. The Morgan fingerprint density at radius 2 is 1.91 bits per heavy atom. The van der Waals surface area contributed by atoms with Gasteiger partial charge in [-0.05, 0) is 39.8 Å². The van der Waals surface area contributed by atoms with Crippen molar-refractivity contribution in [1.29, 1.82) is 0 Å². The second-order valence-electron chi connectivity index (χ2n) is 5.80. The van der Waals surface area contributed by atoms with E-state index >= 15 is 0 Å². The quantitative estimate of drug-likeness (QED) is 0.404. The highest BCUT2D eigenvalue weighted by atomic mass is 127. The monoisotopic (exact) mass is 459 g/mol. The Labute approximate surface area is 154 Å². The van der Waals surface area contributed by atoms with Crippen molar-refractivity contribution in [1.82, 2.24) is 10.6 Å². The highest BCUT2D eigenvalue weighted by molar-refractivity contribution is 14.0. The van der Waals surface area contributed by atoms with Crippen LogP contribution in [0.3, 0.4) is 0 Å². The molecule has 1 aromatic rings. The average molecular weight is 459 g/mol. The zero-order chi connectivity index (χ0) is 16.1. The van der Waals surface area contributed by atoms with Crippen LogP contribution in [0.2, 0.25) is 0 Å². The van der Waals surface area contributed by atoms with E-state index in [2.05, 4.69) is 34.7 Å². The summed E-state index contributed by atoms with van der Waals surface area (Å²) in [6.45, 7) is 8.25. The first kappa shape index (κ1) is 21.6. The lowest BCUT2D eigenvalue weighted by atomic mass is 10.3. The Hall–Kier alpha value is -0.350. The molecule has 0 aromatic carbocycles. The standard InChI is InChI=1S/C14H25N3O2S2.HI/c1-11-6-7-12(20-11)10-17-13(15-5)16-8-9-21(18,19)14(2,3)4;/h6-7H,8-10H2,1-5H3,(H2,15,16,17);1H. The summed E-state index contributed by atoms with van der Waals surface area (Å²) in [7, 11) is -1.43. The van der Waals surface area contributed by atoms with E-state index in [0.717, 1.165) is 0 Å². The smallest absolute Gasteiger partial charge is 0.191 e. The predicted octanol–water partition coefficient (Wildman–Crippen LogP) is 2.55. The molecule has 1 aromatic heterocycles. The van der Waals surface area contributed by atoms with Gasteiger partial charge in [-0.1, -0.05) is 0 Å². The van der Waals surface area contributed by atoms with Crippen molar-refractivity contribution in [2.75, 3.05) is 19.3 Å². The lowest BCUT2D eigenvalue weighted by Crippen LogP contribution is -2.41. The third kappa shape index (κ3) is 6.82. The SMILES string of the molecule is CN=C(NCCS(=O)(=O)C(C)(C)C)NCc1ccc(C)s1.I. The van der Waals surface area contributed by atoms with Crippen LogP contribution >= 0.6 is 35.3 Å². The van der Waals surface area contributed by atoms with Crippen molar-refractivity contribution in [2.24, 2.45) is 4.99 Å². The highest BCUT2D eigenvalue weighted by Gasteiger charge is 2.28. The summed E-state index contributed by atoms with van der Waals surface area (Å²) in [6.07, 6.45) is 0. The van der Waals surface area contributed by atoms with Gasteiger partial charge in [0, 0.05) is 23.3 Å². The van der Waals surface area contributed by atoms with Gasteiger partial charge in [0.25, 0.3) is 0 Å². The summed E-state index contributed by atoms with van der Waals surface area (Å²) in [5, 5.41) is 6.22. The minimum absolute atomic E-state index is 0. The van der Waals surface area contributed by atoms with Crippen molar-refractivity contribution in [2.45, 2.75) is 39.0 Å². The maximum absolute atomic E-state index is 12.0. The molecule has 2 N–H and O–H groups in total. The normalized spacial score (nSPS) is 12.7. The van der Waals surface area contributed by atoms with Crippen molar-refractivity contribution < 1.29 is 8.42 Å². The first-order valence-corrected chi connectivity index (χ1v) is 9.35. The Kier molecular flexibility index (Phi) is 8.93. The maximum atomic E-state index is 12.0. The fourth-order valence-corrected chi connectivity index (χ4v) is 3.39. The molecule has 0 saturated carbocycles. The topological polar surface area (TPSA) is 70.6 Å². The lowest BCUT2D eigenvalue weighted by Gasteiger charge is -2.19. The summed E-state index contributed by atoms with van der Waals surface area (Å²) < 4.78 is 23.3. The zero-order valence-corrected chi connectivity index (χ0v) is 17.7. The van der Waals surface area contributed by atoms with E-state index in [9.17, 15) is 8.42 Å². The predicted molar refractivity (Wildman–Crippen MR) is 106 cm³/mol. The Morgan fingerprint density at radius 1 is 1.27 bits per heavy atom. The molecule has 0 bridgehead atoms. The van der Waals surface area contributed by atoms with E-state index in [0.29, 0.717) is 19.0 Å². The lowest BCUT2D eigenvalue weighted by molar-refractivity contribution is 0.559. The van der Waals surface area contributed by atoms with Gasteiger partial charge in [0.1, 0.15) is 0 Å². The van der Waals surface area contributed by atoms with Crippen LogP contribution in [-0.2, 0) is 16.4 Å². The largest absolute Gasteiger partial charge is 0.355 e. The number of rotatable bonds is 5. The number of hydrogen-bond donors (Lipinski definition) is 2. The first-order chi connectivity index (χ1) is 9.65. The van der Waals surface area contributed by atoms with Gasteiger partial charge in [-0.15, -0.1) is 35.3 Å². The number of aryl methyl sites for hydroxylation is 1. The molecule has 1 rings (SSSR count). The number of halogens is 1. The second-order valence-corrected chi connectivity index (χ2v) is 10.0. The molecular formula is C14H26IN3O2S2. The third-order valence-corrected chi connectivity index (χ3v) is 6.65. The van der Waals surface area contributed by atoms with Crippen molar-refractivity contribution in [3.8, 4) is 0 Å². The van der Waals surface area contributed by atoms with E-state index in [1.54, 1.807) is 39.2 Å². The Balaban J connectivity index is 0.00000441. The number of thiophene rings is 1. The molecule has 8 heteroatoms. The van der Waals surface area contributed by atoms with Crippen LogP contribution in [0.25, 0.3) is 0 Å². The zero-order valence-electron chi connectivity index (χ0n) is 13.8. The molecule has 0 atom stereocenters. The molecule has 0 aliphatic heterocycles. The van der Waals surface area contributed by atoms with Crippen LogP contribution < -0.4 is 10.6 Å². The van der Waals surface area contributed by atoms with Gasteiger partial charge >= 0.3 is 0 Å². The molecule has 0 saturated heterocycles.